The van der Waals surface area contributed by atoms with Gasteiger partial charge < -0.3 is 5.11 Å². The minimum absolute atomic E-state index is 0.173. The predicted molar refractivity (Wildman–Crippen MR) is 94.4 cm³/mol. The monoisotopic (exact) mass is 320 g/mol. The van der Waals surface area contributed by atoms with Crippen LogP contribution in [-0.4, -0.2) is 16.9 Å². The number of aliphatic carboxylic acids is 1. The minimum Gasteiger partial charge on any atom is -0.481 e. The molecule has 23 heavy (non-hydrogen) atoms. The van der Waals surface area contributed by atoms with Crippen LogP contribution in [0.3, 0.4) is 0 Å². The van der Waals surface area contributed by atoms with Crippen molar-refractivity contribution in [3.63, 3.8) is 0 Å². The first-order chi connectivity index (χ1) is 11.1. The van der Waals surface area contributed by atoms with Crippen molar-refractivity contribution in [2.24, 2.45) is 5.92 Å². The van der Waals surface area contributed by atoms with E-state index in [0.717, 1.165) is 37.7 Å². The van der Waals surface area contributed by atoms with E-state index >= 15 is 0 Å². The summed E-state index contributed by atoms with van der Waals surface area (Å²) in [6, 6.07) is 0. The molecular formula is C20H32O3. The van der Waals surface area contributed by atoms with Gasteiger partial charge in [-0.05, 0) is 31.8 Å². The summed E-state index contributed by atoms with van der Waals surface area (Å²) in [4.78, 5) is 22.4. The number of allylic oxidation sites excluding steroid dienone is 4. The minimum atomic E-state index is -0.725. The van der Waals surface area contributed by atoms with Gasteiger partial charge in [-0.3, -0.25) is 9.59 Å². The Bertz CT molecular complexity index is 421. The van der Waals surface area contributed by atoms with Gasteiger partial charge in [0.1, 0.15) is 0 Å². The highest BCUT2D eigenvalue weighted by Gasteiger charge is 2.21. The number of carboxylic acids is 1. The molecule has 0 aromatic carbocycles. The van der Waals surface area contributed by atoms with Crippen molar-refractivity contribution in [1.29, 1.82) is 0 Å². The lowest BCUT2D eigenvalue weighted by Crippen LogP contribution is -2.03. The Morgan fingerprint density at radius 2 is 1.78 bits per heavy atom. The molecule has 0 radical (unpaired) electrons. The zero-order chi connectivity index (χ0) is 16.9. The standard InChI is InChI=1S/C20H32O3/c1-2-3-4-5-6-9-12-17-15-16-19(21)18(17)13-10-7-8-11-14-20(22)23/h13,15-17H,2-12,14H2,1H3,(H,22,23). The molecule has 3 heteroatoms. The van der Waals surface area contributed by atoms with Crippen LogP contribution in [0, 0.1) is 5.92 Å². The number of carboxylic acid groups (broad SMARTS) is 1. The van der Waals surface area contributed by atoms with Gasteiger partial charge in [-0.1, -0.05) is 64.0 Å². The van der Waals surface area contributed by atoms with E-state index in [0.29, 0.717) is 5.92 Å². The molecule has 0 aliphatic heterocycles. The highest BCUT2D eigenvalue weighted by atomic mass is 16.4. The molecular weight excluding hydrogens is 288 g/mol. The molecule has 1 rings (SSSR count). The van der Waals surface area contributed by atoms with Crippen molar-refractivity contribution < 1.29 is 14.7 Å². The van der Waals surface area contributed by atoms with Gasteiger partial charge in [0.2, 0.25) is 0 Å². The van der Waals surface area contributed by atoms with Crippen LogP contribution < -0.4 is 0 Å². The second-order valence-corrected chi connectivity index (χ2v) is 6.54. The number of rotatable bonds is 13. The van der Waals surface area contributed by atoms with Crippen LogP contribution in [-0.2, 0) is 9.59 Å². The van der Waals surface area contributed by atoms with Gasteiger partial charge in [0.25, 0.3) is 0 Å². The summed E-state index contributed by atoms with van der Waals surface area (Å²) in [6.07, 6.45) is 18.4. The van der Waals surface area contributed by atoms with Crippen LogP contribution in [0.15, 0.2) is 23.8 Å². The molecule has 1 aliphatic carbocycles. The third-order valence-corrected chi connectivity index (χ3v) is 4.49. The van der Waals surface area contributed by atoms with E-state index in [-0.39, 0.29) is 12.2 Å². The third-order valence-electron chi connectivity index (χ3n) is 4.49. The van der Waals surface area contributed by atoms with Crippen molar-refractivity contribution in [2.45, 2.75) is 84.0 Å². The molecule has 0 amide bonds. The molecule has 1 atom stereocenters. The van der Waals surface area contributed by atoms with Crippen molar-refractivity contribution in [1.82, 2.24) is 0 Å². The first kappa shape index (κ1) is 19.7. The third kappa shape index (κ3) is 8.73. The Balaban J connectivity index is 2.22. The van der Waals surface area contributed by atoms with E-state index in [1.165, 1.54) is 38.5 Å². The van der Waals surface area contributed by atoms with Crippen molar-refractivity contribution in [3.8, 4) is 0 Å². The average molecular weight is 320 g/mol. The van der Waals surface area contributed by atoms with Crippen LogP contribution in [0.1, 0.15) is 84.0 Å². The Morgan fingerprint density at radius 1 is 1.09 bits per heavy atom. The predicted octanol–water partition coefficient (Wildman–Crippen LogP) is 5.45. The number of hydrogen-bond donors (Lipinski definition) is 1. The maximum atomic E-state index is 11.9. The topological polar surface area (TPSA) is 54.4 Å². The first-order valence-corrected chi connectivity index (χ1v) is 9.29. The summed E-state index contributed by atoms with van der Waals surface area (Å²) in [5.74, 6) is -0.239. The average Bonchev–Trinajstić information content (AvgIpc) is 2.86. The molecule has 0 saturated heterocycles. The largest absolute Gasteiger partial charge is 0.481 e. The Kier molecular flexibility index (Phi) is 10.3. The summed E-state index contributed by atoms with van der Waals surface area (Å²) < 4.78 is 0. The smallest absolute Gasteiger partial charge is 0.303 e. The number of ketones is 1. The molecule has 0 aromatic rings. The maximum Gasteiger partial charge on any atom is 0.303 e. The van der Waals surface area contributed by atoms with E-state index in [4.69, 9.17) is 5.11 Å². The summed E-state index contributed by atoms with van der Waals surface area (Å²) in [7, 11) is 0. The fourth-order valence-corrected chi connectivity index (χ4v) is 3.09. The molecule has 1 aliphatic rings. The molecule has 130 valence electrons. The van der Waals surface area contributed by atoms with E-state index in [9.17, 15) is 9.59 Å². The van der Waals surface area contributed by atoms with Crippen molar-refractivity contribution in [2.75, 3.05) is 0 Å². The molecule has 3 nitrogen and oxygen atoms in total. The Hall–Kier alpha value is -1.38. The van der Waals surface area contributed by atoms with Gasteiger partial charge in [-0.2, -0.15) is 0 Å². The quantitative estimate of drug-likeness (QED) is 0.362. The number of unbranched alkanes of at least 4 members (excludes halogenated alkanes) is 8. The molecule has 0 bridgehead atoms. The van der Waals surface area contributed by atoms with E-state index in [2.05, 4.69) is 19.1 Å². The van der Waals surface area contributed by atoms with Crippen LogP contribution >= 0.6 is 0 Å². The second kappa shape index (κ2) is 12.1. The number of hydrogen-bond acceptors (Lipinski definition) is 2. The summed E-state index contributed by atoms with van der Waals surface area (Å²) in [5, 5.41) is 8.60. The second-order valence-electron chi connectivity index (χ2n) is 6.54. The first-order valence-electron chi connectivity index (χ1n) is 9.29. The van der Waals surface area contributed by atoms with E-state index in [1.54, 1.807) is 6.08 Å². The van der Waals surface area contributed by atoms with Crippen LogP contribution in [0.2, 0.25) is 0 Å². The van der Waals surface area contributed by atoms with Gasteiger partial charge in [-0.25, -0.2) is 0 Å². The molecule has 0 fully saturated rings. The van der Waals surface area contributed by atoms with E-state index < -0.39 is 5.97 Å². The summed E-state index contributed by atoms with van der Waals surface area (Å²) in [5.41, 5.74) is 0.969. The highest BCUT2D eigenvalue weighted by Crippen LogP contribution is 2.27. The Labute approximate surface area is 140 Å². The molecule has 0 aromatic heterocycles. The fourth-order valence-electron chi connectivity index (χ4n) is 3.09. The van der Waals surface area contributed by atoms with E-state index in [1.807, 2.05) is 0 Å². The summed E-state index contributed by atoms with van der Waals surface area (Å²) >= 11 is 0. The maximum absolute atomic E-state index is 11.9. The van der Waals surface area contributed by atoms with Gasteiger partial charge in [0, 0.05) is 17.9 Å². The van der Waals surface area contributed by atoms with Gasteiger partial charge in [-0.15, -0.1) is 0 Å². The molecule has 1 N–H and O–H groups in total. The van der Waals surface area contributed by atoms with Gasteiger partial charge >= 0.3 is 5.97 Å². The van der Waals surface area contributed by atoms with Crippen LogP contribution in [0.4, 0.5) is 0 Å². The highest BCUT2D eigenvalue weighted by molar-refractivity contribution is 6.07. The molecule has 1 unspecified atom stereocenters. The van der Waals surface area contributed by atoms with Gasteiger partial charge in [0.15, 0.2) is 5.78 Å². The lowest BCUT2D eigenvalue weighted by molar-refractivity contribution is -0.137. The zero-order valence-corrected chi connectivity index (χ0v) is 14.6. The lowest BCUT2D eigenvalue weighted by Gasteiger charge is -2.10. The fraction of sp³-hybridized carbons (Fsp3) is 0.700. The molecule has 0 heterocycles. The zero-order valence-electron chi connectivity index (χ0n) is 14.6. The Morgan fingerprint density at radius 3 is 2.52 bits per heavy atom. The normalized spacial score (nSPS) is 18.9. The molecule has 0 spiro atoms. The van der Waals surface area contributed by atoms with Crippen molar-refractivity contribution >= 4 is 11.8 Å². The SMILES string of the molecule is CCCCCCCCC1C=CC(=O)C1=CCCCCCC(=O)O. The lowest BCUT2D eigenvalue weighted by atomic mass is 9.94. The number of carbonyl (C=O) groups is 2. The summed E-state index contributed by atoms with van der Waals surface area (Å²) in [6.45, 7) is 2.23. The number of carbonyl (C=O) groups excluding carboxylic acids is 1. The molecule has 0 saturated carbocycles. The van der Waals surface area contributed by atoms with Crippen LogP contribution in [0.25, 0.3) is 0 Å². The van der Waals surface area contributed by atoms with Gasteiger partial charge in [0.05, 0.1) is 0 Å². The van der Waals surface area contributed by atoms with Crippen molar-refractivity contribution in [3.05, 3.63) is 23.8 Å². The van der Waals surface area contributed by atoms with Crippen LogP contribution in [0.5, 0.6) is 0 Å².